The summed E-state index contributed by atoms with van der Waals surface area (Å²) in [6, 6.07) is 12.9. The van der Waals surface area contributed by atoms with Gasteiger partial charge in [0.2, 0.25) is 0 Å². The topological polar surface area (TPSA) is 26.3 Å². The van der Waals surface area contributed by atoms with Crippen LogP contribution in [0.3, 0.4) is 0 Å². The number of ketones is 1. The predicted molar refractivity (Wildman–Crippen MR) is 62.8 cm³/mol. The molecule has 0 radical (unpaired) electrons. The Labute approximate surface area is 98.7 Å². The first kappa shape index (κ1) is 11.3. The molecule has 0 bridgehead atoms. The van der Waals surface area contributed by atoms with E-state index >= 15 is 0 Å². The van der Waals surface area contributed by atoms with Crippen molar-refractivity contribution in [3.8, 4) is 5.75 Å². The molecule has 0 N–H and O–H groups in total. The minimum Gasteiger partial charge on any atom is -0.496 e. The van der Waals surface area contributed by atoms with Crippen LogP contribution in [0.5, 0.6) is 5.75 Å². The Morgan fingerprint density at radius 1 is 1.06 bits per heavy atom. The lowest BCUT2D eigenvalue weighted by molar-refractivity contribution is 0.103. The van der Waals surface area contributed by atoms with E-state index in [0.717, 1.165) is 0 Å². The van der Waals surface area contributed by atoms with E-state index in [0.29, 0.717) is 5.56 Å². The number of methoxy groups -OCH3 is 1. The molecule has 2 nitrogen and oxygen atoms in total. The lowest BCUT2D eigenvalue weighted by Gasteiger charge is -2.08. The first-order valence-electron chi connectivity index (χ1n) is 5.16. The van der Waals surface area contributed by atoms with Gasteiger partial charge in [0.1, 0.15) is 17.1 Å². The minimum absolute atomic E-state index is 0.0267. The number of carbonyl (C=O) groups excluding carboxylic acids is 1. The number of halogens is 1. The third-order valence-electron chi connectivity index (χ3n) is 2.46. The molecule has 0 saturated carbocycles. The zero-order valence-corrected chi connectivity index (χ0v) is 9.31. The largest absolute Gasteiger partial charge is 0.496 e. The second kappa shape index (κ2) is 4.78. The van der Waals surface area contributed by atoms with Gasteiger partial charge in [-0.15, -0.1) is 0 Å². The number of hydrogen-bond donors (Lipinski definition) is 0. The van der Waals surface area contributed by atoms with Gasteiger partial charge in [0.05, 0.1) is 7.11 Å². The second-order valence-electron chi connectivity index (χ2n) is 3.51. The van der Waals surface area contributed by atoms with Crippen molar-refractivity contribution < 1.29 is 13.9 Å². The summed E-state index contributed by atoms with van der Waals surface area (Å²) in [4.78, 5) is 12.1. The standard InChI is InChI=1S/C14H11FO2/c1-17-12-9-5-8-11(15)13(12)14(16)10-6-3-2-4-7-10/h2-9H,1H3. The first-order chi connectivity index (χ1) is 8.24. The van der Waals surface area contributed by atoms with Crippen LogP contribution in [0, 0.1) is 5.82 Å². The van der Waals surface area contributed by atoms with Gasteiger partial charge in [0.25, 0.3) is 0 Å². The maximum absolute atomic E-state index is 13.7. The fourth-order valence-corrected chi connectivity index (χ4v) is 1.63. The number of rotatable bonds is 3. The molecule has 0 fully saturated rings. The number of benzene rings is 2. The molecular formula is C14H11FO2. The van der Waals surface area contributed by atoms with Gasteiger partial charge in [-0.1, -0.05) is 36.4 Å². The molecule has 0 aromatic heterocycles. The summed E-state index contributed by atoms with van der Waals surface area (Å²) in [7, 11) is 1.41. The van der Waals surface area contributed by atoms with Gasteiger partial charge in [0, 0.05) is 5.56 Å². The maximum atomic E-state index is 13.7. The predicted octanol–water partition coefficient (Wildman–Crippen LogP) is 3.07. The molecule has 0 aliphatic heterocycles. The zero-order valence-electron chi connectivity index (χ0n) is 9.31. The van der Waals surface area contributed by atoms with Gasteiger partial charge >= 0.3 is 0 Å². The molecule has 0 atom stereocenters. The monoisotopic (exact) mass is 230 g/mol. The summed E-state index contributed by atoms with van der Waals surface area (Å²) in [5, 5.41) is 0. The van der Waals surface area contributed by atoms with E-state index in [-0.39, 0.29) is 17.1 Å². The van der Waals surface area contributed by atoms with Crippen LogP contribution in [0.1, 0.15) is 15.9 Å². The van der Waals surface area contributed by atoms with Crippen molar-refractivity contribution in [3.63, 3.8) is 0 Å². The minimum atomic E-state index is -0.571. The van der Waals surface area contributed by atoms with Gasteiger partial charge in [-0.25, -0.2) is 4.39 Å². The summed E-state index contributed by atoms with van der Waals surface area (Å²) in [5.74, 6) is -0.697. The molecule has 0 amide bonds. The fourth-order valence-electron chi connectivity index (χ4n) is 1.63. The van der Waals surface area contributed by atoms with Gasteiger partial charge in [-0.2, -0.15) is 0 Å². The Morgan fingerprint density at radius 2 is 1.76 bits per heavy atom. The molecule has 86 valence electrons. The van der Waals surface area contributed by atoms with Crippen molar-refractivity contribution in [2.24, 2.45) is 0 Å². The fraction of sp³-hybridized carbons (Fsp3) is 0.0714. The van der Waals surface area contributed by atoms with Crippen LogP contribution in [-0.4, -0.2) is 12.9 Å². The average molecular weight is 230 g/mol. The van der Waals surface area contributed by atoms with Crippen molar-refractivity contribution in [1.82, 2.24) is 0 Å². The molecular weight excluding hydrogens is 219 g/mol. The Bertz CT molecular complexity index is 535. The third-order valence-corrected chi connectivity index (χ3v) is 2.46. The lowest BCUT2D eigenvalue weighted by atomic mass is 10.0. The Morgan fingerprint density at radius 3 is 2.41 bits per heavy atom. The first-order valence-corrected chi connectivity index (χ1v) is 5.16. The quantitative estimate of drug-likeness (QED) is 0.757. The van der Waals surface area contributed by atoms with E-state index in [1.165, 1.54) is 19.2 Å². The highest BCUT2D eigenvalue weighted by molar-refractivity contribution is 6.10. The van der Waals surface area contributed by atoms with Crippen molar-refractivity contribution in [1.29, 1.82) is 0 Å². The van der Waals surface area contributed by atoms with Gasteiger partial charge < -0.3 is 4.74 Å². The molecule has 0 spiro atoms. The van der Waals surface area contributed by atoms with E-state index in [9.17, 15) is 9.18 Å². The van der Waals surface area contributed by atoms with Crippen LogP contribution >= 0.6 is 0 Å². The van der Waals surface area contributed by atoms with Gasteiger partial charge in [0.15, 0.2) is 5.78 Å². The smallest absolute Gasteiger partial charge is 0.199 e. The summed E-state index contributed by atoms with van der Waals surface area (Å²) < 4.78 is 18.7. The molecule has 0 heterocycles. The Kier molecular flexibility index (Phi) is 3.19. The van der Waals surface area contributed by atoms with E-state index < -0.39 is 5.82 Å². The molecule has 2 rings (SSSR count). The molecule has 0 aliphatic rings. The van der Waals surface area contributed by atoms with Gasteiger partial charge in [-0.05, 0) is 12.1 Å². The second-order valence-corrected chi connectivity index (χ2v) is 3.51. The van der Waals surface area contributed by atoms with Crippen LogP contribution in [0.2, 0.25) is 0 Å². The third kappa shape index (κ3) is 2.18. The molecule has 2 aromatic carbocycles. The highest BCUT2D eigenvalue weighted by Crippen LogP contribution is 2.24. The van der Waals surface area contributed by atoms with Crippen LogP contribution in [0.4, 0.5) is 4.39 Å². The van der Waals surface area contributed by atoms with Crippen molar-refractivity contribution >= 4 is 5.78 Å². The van der Waals surface area contributed by atoms with Crippen LogP contribution < -0.4 is 4.74 Å². The molecule has 0 saturated heterocycles. The van der Waals surface area contributed by atoms with Crippen molar-refractivity contribution in [2.75, 3.05) is 7.11 Å². The number of ether oxygens (including phenoxy) is 1. The molecule has 2 aromatic rings. The van der Waals surface area contributed by atoms with Crippen LogP contribution in [0.25, 0.3) is 0 Å². The van der Waals surface area contributed by atoms with Crippen LogP contribution in [-0.2, 0) is 0 Å². The number of carbonyl (C=O) groups is 1. The van der Waals surface area contributed by atoms with E-state index in [1.54, 1.807) is 36.4 Å². The van der Waals surface area contributed by atoms with Crippen molar-refractivity contribution in [3.05, 3.63) is 65.5 Å². The summed E-state index contributed by atoms with van der Waals surface area (Å²) in [6.07, 6.45) is 0. The van der Waals surface area contributed by atoms with E-state index in [4.69, 9.17) is 4.74 Å². The Balaban J connectivity index is 2.51. The lowest BCUT2D eigenvalue weighted by Crippen LogP contribution is -2.06. The molecule has 17 heavy (non-hydrogen) atoms. The highest BCUT2D eigenvalue weighted by Gasteiger charge is 2.18. The average Bonchev–Trinajstić information content (AvgIpc) is 2.38. The Hall–Kier alpha value is -2.16. The summed E-state index contributed by atoms with van der Waals surface area (Å²) in [5.41, 5.74) is 0.414. The molecule has 3 heteroatoms. The SMILES string of the molecule is COc1cccc(F)c1C(=O)c1ccccc1. The summed E-state index contributed by atoms with van der Waals surface area (Å²) >= 11 is 0. The molecule has 0 unspecified atom stereocenters. The van der Waals surface area contributed by atoms with Crippen molar-refractivity contribution in [2.45, 2.75) is 0 Å². The summed E-state index contributed by atoms with van der Waals surface area (Å²) in [6.45, 7) is 0. The normalized spacial score (nSPS) is 10.0. The maximum Gasteiger partial charge on any atom is 0.199 e. The van der Waals surface area contributed by atoms with Gasteiger partial charge in [-0.3, -0.25) is 4.79 Å². The molecule has 0 aliphatic carbocycles. The van der Waals surface area contributed by atoms with E-state index in [2.05, 4.69) is 0 Å². The zero-order chi connectivity index (χ0) is 12.3. The van der Waals surface area contributed by atoms with E-state index in [1.807, 2.05) is 0 Å². The number of hydrogen-bond acceptors (Lipinski definition) is 2. The highest BCUT2D eigenvalue weighted by atomic mass is 19.1. The van der Waals surface area contributed by atoms with Crippen LogP contribution in [0.15, 0.2) is 48.5 Å².